The lowest BCUT2D eigenvalue weighted by Crippen LogP contribution is -2.69. The third-order valence-corrected chi connectivity index (χ3v) is 11.5. The molecule has 5 rings (SSSR count). The van der Waals surface area contributed by atoms with Crippen molar-refractivity contribution in [1.82, 2.24) is 0 Å². The largest absolute Gasteiger partial charge is 0.384 e. The zero-order valence-corrected chi connectivity index (χ0v) is 20.6. The highest BCUT2D eigenvalue weighted by molar-refractivity contribution is 5.27. The predicted octanol–water partition coefficient (Wildman–Crippen LogP) is 4.75. The first kappa shape index (κ1) is 21.5. The van der Waals surface area contributed by atoms with Crippen LogP contribution in [-0.4, -0.2) is 72.5 Å². The van der Waals surface area contributed by atoms with Crippen molar-refractivity contribution in [3.05, 3.63) is 11.6 Å². The number of allylic oxidation sites excluding steroid dienone is 1. The van der Waals surface area contributed by atoms with Gasteiger partial charge in [0.2, 0.25) is 0 Å². The zero-order chi connectivity index (χ0) is 21.4. The normalized spacial score (nSPS) is 49.5. The van der Waals surface area contributed by atoms with E-state index in [-0.39, 0.29) is 0 Å². The topological polar surface area (TPSA) is 20.2 Å². The highest BCUT2D eigenvalue weighted by atomic mass is 16.3. The number of hydrogen-bond acceptors (Lipinski definition) is 1. The van der Waals surface area contributed by atoms with Crippen molar-refractivity contribution in [2.75, 3.05) is 47.3 Å². The molecule has 3 aliphatic carbocycles. The molecule has 0 unspecified atom stereocenters. The summed E-state index contributed by atoms with van der Waals surface area (Å²) in [6.07, 6.45) is 15.4. The number of hydrogen-bond donors (Lipinski definition) is 1. The van der Waals surface area contributed by atoms with Crippen LogP contribution >= 0.6 is 0 Å². The van der Waals surface area contributed by atoms with Gasteiger partial charge in [0.05, 0.1) is 46.3 Å². The van der Waals surface area contributed by atoms with Crippen LogP contribution in [0.5, 0.6) is 0 Å². The van der Waals surface area contributed by atoms with Gasteiger partial charge in [0, 0.05) is 31.6 Å². The number of aliphatic hydroxyl groups is 1. The average Bonchev–Trinajstić information content (AvgIpc) is 3.08. The van der Waals surface area contributed by atoms with E-state index in [0.717, 1.165) is 41.6 Å². The summed E-state index contributed by atoms with van der Waals surface area (Å²) < 4.78 is 2.32. The molecular weight excluding hydrogens is 368 g/mol. The zero-order valence-electron chi connectivity index (χ0n) is 20.6. The number of likely N-dealkylation sites (tertiary alicyclic amines) is 2. The first-order valence-corrected chi connectivity index (χ1v) is 13.1. The second-order valence-corrected chi connectivity index (χ2v) is 13.5. The molecule has 2 saturated carbocycles. The standard InChI is InChI=1S/C27H48N2O/c1-25-14-15-27(30,20-29(5)17-6-7-18-29)19-21(25)10-11-22-23(25)12-13-26(2)24(22)9-8-16-28(26,3)4/h10,22-24,30H,6-9,11-20H2,1-5H3/q+2/t22-,23+,24+,25+,26+,27+/m1/s1. The SMILES string of the molecule is C[C@]12CC[C@@](O)(C[N+]3(C)CCCC3)CC1=CC[C@@H]1[C@@H]2CC[C@@]2(C)[C@H]1CCC[N+]2(C)C. The van der Waals surface area contributed by atoms with Gasteiger partial charge >= 0.3 is 0 Å². The Labute approximate surface area is 185 Å². The summed E-state index contributed by atoms with van der Waals surface area (Å²) in [4.78, 5) is 0. The summed E-state index contributed by atoms with van der Waals surface area (Å²) in [7, 11) is 7.39. The Morgan fingerprint density at radius 2 is 1.67 bits per heavy atom. The summed E-state index contributed by atoms with van der Waals surface area (Å²) in [6, 6.07) is 0. The van der Waals surface area contributed by atoms with Gasteiger partial charge in [-0.3, -0.25) is 0 Å². The summed E-state index contributed by atoms with van der Waals surface area (Å²) in [5, 5.41) is 11.7. The number of rotatable bonds is 2. The average molecular weight is 417 g/mol. The smallest absolute Gasteiger partial charge is 0.117 e. The molecule has 0 aromatic heterocycles. The minimum absolute atomic E-state index is 0.342. The Morgan fingerprint density at radius 1 is 0.933 bits per heavy atom. The minimum Gasteiger partial charge on any atom is -0.384 e. The van der Waals surface area contributed by atoms with Crippen LogP contribution in [-0.2, 0) is 0 Å². The summed E-state index contributed by atoms with van der Waals surface area (Å²) in [5.41, 5.74) is 1.97. The second kappa shape index (κ2) is 6.81. The molecule has 2 aliphatic heterocycles. The van der Waals surface area contributed by atoms with E-state index in [9.17, 15) is 5.11 Å². The number of quaternary nitrogens is 2. The van der Waals surface area contributed by atoms with Gasteiger partial charge in [0.1, 0.15) is 12.1 Å². The van der Waals surface area contributed by atoms with E-state index in [1.165, 1.54) is 75.5 Å². The maximum absolute atomic E-state index is 11.7. The van der Waals surface area contributed by atoms with Gasteiger partial charge < -0.3 is 14.1 Å². The highest BCUT2D eigenvalue weighted by Crippen LogP contribution is 2.63. The molecule has 0 spiro atoms. The monoisotopic (exact) mass is 416 g/mol. The Hall–Kier alpha value is -0.380. The van der Waals surface area contributed by atoms with Crippen LogP contribution in [0.4, 0.5) is 0 Å². The summed E-state index contributed by atoms with van der Waals surface area (Å²) in [5.74, 6) is 2.59. The number of fused-ring (bicyclic) bond motifs is 5. The fourth-order valence-corrected chi connectivity index (χ4v) is 9.35. The van der Waals surface area contributed by atoms with Crippen molar-refractivity contribution in [2.45, 2.75) is 89.2 Å². The number of nitrogens with zero attached hydrogens (tertiary/aromatic N) is 2. The predicted molar refractivity (Wildman–Crippen MR) is 124 cm³/mol. The third-order valence-electron chi connectivity index (χ3n) is 11.5. The third kappa shape index (κ3) is 3.09. The van der Waals surface area contributed by atoms with E-state index < -0.39 is 5.60 Å². The van der Waals surface area contributed by atoms with Crippen LogP contribution in [0.2, 0.25) is 0 Å². The molecule has 1 N–H and O–H groups in total. The molecular formula is C27H48N2O+2. The van der Waals surface area contributed by atoms with Gasteiger partial charge in [-0.1, -0.05) is 18.6 Å². The van der Waals surface area contributed by atoms with Crippen molar-refractivity contribution in [1.29, 1.82) is 0 Å². The maximum Gasteiger partial charge on any atom is 0.117 e. The first-order valence-electron chi connectivity index (χ1n) is 13.1. The van der Waals surface area contributed by atoms with Crippen LogP contribution in [0.3, 0.4) is 0 Å². The van der Waals surface area contributed by atoms with Crippen LogP contribution in [0, 0.1) is 23.2 Å². The molecule has 0 amide bonds. The summed E-state index contributed by atoms with van der Waals surface area (Å²) in [6.45, 7) is 10.1. The maximum atomic E-state index is 11.7. The number of piperidine rings is 1. The lowest BCUT2D eigenvalue weighted by Gasteiger charge is -2.64. The van der Waals surface area contributed by atoms with Gasteiger partial charge in [0.25, 0.3) is 0 Å². The lowest BCUT2D eigenvalue weighted by atomic mass is 9.47. The van der Waals surface area contributed by atoms with Crippen LogP contribution in [0.25, 0.3) is 0 Å². The van der Waals surface area contributed by atoms with E-state index in [4.69, 9.17) is 0 Å². The Kier molecular flexibility index (Phi) is 4.87. The Bertz CT molecular complexity index is 722. The molecule has 0 aromatic carbocycles. The molecule has 0 radical (unpaired) electrons. The molecule has 3 nitrogen and oxygen atoms in total. The molecule has 2 saturated heterocycles. The Morgan fingerprint density at radius 3 is 2.40 bits per heavy atom. The fraction of sp³-hybridized carbons (Fsp3) is 0.926. The van der Waals surface area contributed by atoms with Crippen LogP contribution in [0.1, 0.15) is 78.1 Å². The van der Waals surface area contributed by atoms with Crippen molar-refractivity contribution < 1.29 is 14.1 Å². The van der Waals surface area contributed by atoms with E-state index in [0.29, 0.717) is 11.0 Å². The summed E-state index contributed by atoms with van der Waals surface area (Å²) >= 11 is 0. The molecule has 30 heavy (non-hydrogen) atoms. The lowest BCUT2D eigenvalue weighted by molar-refractivity contribution is -0.952. The molecule has 3 heteroatoms. The van der Waals surface area contributed by atoms with E-state index >= 15 is 0 Å². The fourth-order valence-electron chi connectivity index (χ4n) is 9.35. The molecule has 6 atom stereocenters. The van der Waals surface area contributed by atoms with Crippen LogP contribution in [0.15, 0.2) is 11.6 Å². The van der Waals surface area contributed by atoms with Gasteiger partial charge in [-0.25, -0.2) is 0 Å². The van der Waals surface area contributed by atoms with Gasteiger partial charge in [-0.05, 0) is 62.7 Å². The molecule has 4 fully saturated rings. The quantitative estimate of drug-likeness (QED) is 0.509. The first-order chi connectivity index (χ1) is 14.0. The molecule has 5 aliphatic rings. The van der Waals surface area contributed by atoms with Crippen molar-refractivity contribution in [3.63, 3.8) is 0 Å². The van der Waals surface area contributed by atoms with Gasteiger partial charge in [-0.15, -0.1) is 0 Å². The van der Waals surface area contributed by atoms with Gasteiger partial charge in [-0.2, -0.15) is 0 Å². The van der Waals surface area contributed by atoms with Crippen LogP contribution < -0.4 is 0 Å². The van der Waals surface area contributed by atoms with Crippen molar-refractivity contribution >= 4 is 0 Å². The molecule has 0 aromatic rings. The minimum atomic E-state index is -0.468. The highest BCUT2D eigenvalue weighted by Gasteiger charge is 2.61. The Balaban J connectivity index is 1.39. The second-order valence-electron chi connectivity index (χ2n) is 13.5. The van der Waals surface area contributed by atoms with E-state index in [2.05, 4.69) is 41.1 Å². The van der Waals surface area contributed by atoms with Gasteiger partial charge in [0.15, 0.2) is 0 Å². The van der Waals surface area contributed by atoms with E-state index in [1.54, 1.807) is 5.57 Å². The number of likely N-dealkylation sites (N-methyl/N-ethyl adjacent to an activating group) is 1. The molecule has 0 bridgehead atoms. The van der Waals surface area contributed by atoms with Crippen molar-refractivity contribution in [3.8, 4) is 0 Å². The molecule has 170 valence electrons. The van der Waals surface area contributed by atoms with Crippen molar-refractivity contribution in [2.24, 2.45) is 23.2 Å². The molecule has 2 heterocycles. The van der Waals surface area contributed by atoms with E-state index in [1.807, 2.05) is 0 Å².